The first-order chi connectivity index (χ1) is 9.38. The van der Waals surface area contributed by atoms with Crippen LogP contribution in [0.15, 0.2) is 24.3 Å². The molecule has 1 amide bonds. The van der Waals surface area contributed by atoms with E-state index in [-0.39, 0.29) is 24.8 Å². The van der Waals surface area contributed by atoms with Gasteiger partial charge >= 0.3 is 5.97 Å². The van der Waals surface area contributed by atoms with Crippen molar-refractivity contribution in [3.05, 3.63) is 29.8 Å². The first kappa shape index (κ1) is 16.0. The standard InChI is InChI=1S/C15H22N2O3/c1-10(2)6-12(15(19)20)9-17-14(18)8-11-4-3-5-13(16)7-11/h3-5,7,10,12H,6,8-9,16H2,1-2H3,(H,17,18)(H,19,20). The molecule has 0 saturated heterocycles. The summed E-state index contributed by atoms with van der Waals surface area (Å²) in [5.41, 5.74) is 7.07. The van der Waals surface area contributed by atoms with Gasteiger partial charge in [-0.05, 0) is 30.0 Å². The van der Waals surface area contributed by atoms with Crippen LogP contribution in [-0.4, -0.2) is 23.5 Å². The summed E-state index contributed by atoms with van der Waals surface area (Å²) >= 11 is 0. The first-order valence-electron chi connectivity index (χ1n) is 6.72. The van der Waals surface area contributed by atoms with E-state index in [1.165, 1.54) is 0 Å². The molecule has 0 aliphatic rings. The molecular formula is C15H22N2O3. The van der Waals surface area contributed by atoms with Gasteiger partial charge in [-0.2, -0.15) is 0 Å². The summed E-state index contributed by atoms with van der Waals surface area (Å²) in [5.74, 6) is -1.32. The van der Waals surface area contributed by atoms with Gasteiger partial charge in [0.2, 0.25) is 5.91 Å². The molecule has 0 heterocycles. The molecule has 0 spiro atoms. The van der Waals surface area contributed by atoms with E-state index < -0.39 is 11.9 Å². The number of hydrogen-bond donors (Lipinski definition) is 3. The van der Waals surface area contributed by atoms with Crippen LogP contribution in [0.25, 0.3) is 0 Å². The molecule has 110 valence electrons. The zero-order valence-electron chi connectivity index (χ0n) is 11.9. The fourth-order valence-corrected chi connectivity index (χ4v) is 2.03. The van der Waals surface area contributed by atoms with Crippen molar-refractivity contribution in [3.8, 4) is 0 Å². The molecule has 0 aliphatic carbocycles. The van der Waals surface area contributed by atoms with Crippen molar-refractivity contribution in [3.63, 3.8) is 0 Å². The van der Waals surface area contributed by atoms with Crippen molar-refractivity contribution in [2.45, 2.75) is 26.7 Å². The van der Waals surface area contributed by atoms with Crippen LogP contribution in [0.1, 0.15) is 25.8 Å². The van der Waals surface area contributed by atoms with Crippen LogP contribution in [-0.2, 0) is 16.0 Å². The lowest BCUT2D eigenvalue weighted by Crippen LogP contribution is -2.34. The highest BCUT2D eigenvalue weighted by molar-refractivity contribution is 5.79. The zero-order chi connectivity index (χ0) is 15.1. The summed E-state index contributed by atoms with van der Waals surface area (Å²) in [6.07, 6.45) is 0.757. The number of carbonyl (C=O) groups is 2. The predicted octanol–water partition coefficient (Wildman–Crippen LogP) is 1.67. The highest BCUT2D eigenvalue weighted by atomic mass is 16.4. The maximum atomic E-state index is 11.8. The Balaban J connectivity index is 2.47. The molecule has 1 aromatic carbocycles. The van der Waals surface area contributed by atoms with Gasteiger partial charge in [-0.15, -0.1) is 0 Å². The average Bonchev–Trinajstić information content (AvgIpc) is 2.33. The number of aliphatic carboxylic acids is 1. The van der Waals surface area contributed by atoms with Crippen LogP contribution >= 0.6 is 0 Å². The summed E-state index contributed by atoms with van der Waals surface area (Å²) in [6, 6.07) is 7.10. The summed E-state index contributed by atoms with van der Waals surface area (Å²) in [7, 11) is 0. The molecule has 20 heavy (non-hydrogen) atoms. The number of nitrogen functional groups attached to an aromatic ring is 1. The van der Waals surface area contributed by atoms with Crippen LogP contribution in [0.5, 0.6) is 0 Å². The van der Waals surface area contributed by atoms with Crippen molar-refractivity contribution in [1.29, 1.82) is 0 Å². The van der Waals surface area contributed by atoms with Gasteiger partial charge in [-0.1, -0.05) is 26.0 Å². The minimum atomic E-state index is -0.872. The molecule has 4 N–H and O–H groups in total. The number of anilines is 1. The number of carboxylic acids is 1. The Morgan fingerprint density at radius 1 is 1.35 bits per heavy atom. The summed E-state index contributed by atoms with van der Waals surface area (Å²) < 4.78 is 0. The number of carbonyl (C=O) groups excluding carboxylic acids is 1. The molecule has 5 heteroatoms. The van der Waals surface area contributed by atoms with E-state index in [1.807, 2.05) is 19.9 Å². The minimum absolute atomic E-state index is 0.161. The molecule has 0 aliphatic heterocycles. The smallest absolute Gasteiger partial charge is 0.308 e. The Labute approximate surface area is 119 Å². The van der Waals surface area contributed by atoms with Crippen molar-refractivity contribution in [2.75, 3.05) is 12.3 Å². The van der Waals surface area contributed by atoms with Crippen molar-refractivity contribution < 1.29 is 14.7 Å². The Kier molecular flexibility index (Phi) is 6.03. The molecule has 1 rings (SSSR count). The fraction of sp³-hybridized carbons (Fsp3) is 0.467. The SMILES string of the molecule is CC(C)CC(CNC(=O)Cc1cccc(N)c1)C(=O)O. The third-order valence-corrected chi connectivity index (χ3v) is 2.97. The van der Waals surface area contributed by atoms with E-state index in [1.54, 1.807) is 18.2 Å². The van der Waals surface area contributed by atoms with E-state index in [0.717, 1.165) is 5.56 Å². The number of benzene rings is 1. The van der Waals surface area contributed by atoms with Gasteiger partial charge in [0.05, 0.1) is 12.3 Å². The Bertz CT molecular complexity index is 472. The van der Waals surface area contributed by atoms with Gasteiger partial charge in [-0.25, -0.2) is 0 Å². The van der Waals surface area contributed by atoms with Crippen molar-refractivity contribution in [2.24, 2.45) is 11.8 Å². The maximum absolute atomic E-state index is 11.8. The Morgan fingerprint density at radius 2 is 2.05 bits per heavy atom. The number of rotatable bonds is 7. The van der Waals surface area contributed by atoms with Crippen molar-refractivity contribution in [1.82, 2.24) is 5.32 Å². The minimum Gasteiger partial charge on any atom is -0.481 e. The monoisotopic (exact) mass is 278 g/mol. The molecule has 1 unspecified atom stereocenters. The van der Waals surface area contributed by atoms with Crippen LogP contribution in [0.3, 0.4) is 0 Å². The average molecular weight is 278 g/mol. The lowest BCUT2D eigenvalue weighted by Gasteiger charge is -2.15. The highest BCUT2D eigenvalue weighted by Crippen LogP contribution is 2.11. The Morgan fingerprint density at radius 3 is 2.60 bits per heavy atom. The summed E-state index contributed by atoms with van der Waals surface area (Å²) in [5, 5.41) is 11.8. The van der Waals surface area contributed by atoms with Crippen LogP contribution in [0, 0.1) is 11.8 Å². The number of carboxylic acid groups (broad SMARTS) is 1. The number of hydrogen-bond acceptors (Lipinski definition) is 3. The normalized spacial score (nSPS) is 12.2. The number of nitrogens with one attached hydrogen (secondary N) is 1. The lowest BCUT2D eigenvalue weighted by atomic mass is 9.97. The van der Waals surface area contributed by atoms with Gasteiger partial charge in [0.1, 0.15) is 0 Å². The van der Waals surface area contributed by atoms with Gasteiger partial charge in [0, 0.05) is 12.2 Å². The second-order valence-corrected chi connectivity index (χ2v) is 5.39. The molecular weight excluding hydrogens is 256 g/mol. The van der Waals surface area contributed by atoms with Gasteiger partial charge in [0.25, 0.3) is 0 Å². The number of nitrogens with two attached hydrogens (primary N) is 1. The third kappa shape index (κ3) is 5.73. The molecule has 0 fully saturated rings. The number of amides is 1. The lowest BCUT2D eigenvalue weighted by molar-refractivity contribution is -0.142. The van der Waals surface area contributed by atoms with Crippen LogP contribution < -0.4 is 11.1 Å². The third-order valence-electron chi connectivity index (χ3n) is 2.97. The summed E-state index contributed by atoms with van der Waals surface area (Å²) in [6.45, 7) is 4.09. The predicted molar refractivity (Wildman–Crippen MR) is 78.1 cm³/mol. The summed E-state index contributed by atoms with van der Waals surface area (Å²) in [4.78, 5) is 22.9. The molecule has 1 atom stereocenters. The topological polar surface area (TPSA) is 92.4 Å². The van der Waals surface area contributed by atoms with Crippen LogP contribution in [0.4, 0.5) is 5.69 Å². The maximum Gasteiger partial charge on any atom is 0.308 e. The second-order valence-electron chi connectivity index (χ2n) is 5.39. The van der Waals surface area contributed by atoms with Gasteiger partial charge < -0.3 is 16.2 Å². The zero-order valence-corrected chi connectivity index (χ0v) is 11.9. The molecule has 0 bridgehead atoms. The highest BCUT2D eigenvalue weighted by Gasteiger charge is 2.19. The second kappa shape index (κ2) is 7.53. The van der Waals surface area contributed by atoms with Crippen LogP contribution in [0.2, 0.25) is 0 Å². The van der Waals surface area contributed by atoms with E-state index in [4.69, 9.17) is 10.8 Å². The van der Waals surface area contributed by atoms with Gasteiger partial charge in [-0.3, -0.25) is 9.59 Å². The molecule has 0 radical (unpaired) electrons. The molecule has 0 aromatic heterocycles. The van der Waals surface area contributed by atoms with E-state index in [9.17, 15) is 9.59 Å². The first-order valence-corrected chi connectivity index (χ1v) is 6.72. The quantitative estimate of drug-likeness (QED) is 0.661. The van der Waals surface area contributed by atoms with Gasteiger partial charge in [0.15, 0.2) is 0 Å². The van der Waals surface area contributed by atoms with E-state index in [2.05, 4.69) is 5.32 Å². The molecule has 1 aromatic rings. The van der Waals surface area contributed by atoms with E-state index in [0.29, 0.717) is 12.1 Å². The Hall–Kier alpha value is -2.04. The van der Waals surface area contributed by atoms with Crippen molar-refractivity contribution >= 4 is 17.6 Å². The largest absolute Gasteiger partial charge is 0.481 e. The molecule has 0 saturated carbocycles. The molecule has 5 nitrogen and oxygen atoms in total. The van der Waals surface area contributed by atoms with E-state index >= 15 is 0 Å². The fourth-order valence-electron chi connectivity index (χ4n) is 2.03.